The predicted molar refractivity (Wildman–Crippen MR) is 133 cm³/mol. The van der Waals surface area contributed by atoms with Crippen molar-refractivity contribution in [1.82, 2.24) is 9.62 Å². The van der Waals surface area contributed by atoms with Gasteiger partial charge in [-0.25, -0.2) is 8.42 Å². The summed E-state index contributed by atoms with van der Waals surface area (Å²) in [6.07, 6.45) is 0.551. The Bertz CT molecular complexity index is 1310. The number of oxime groups is 1. The van der Waals surface area contributed by atoms with Crippen LogP contribution >= 0.6 is 0 Å². The minimum Gasteiger partial charge on any atom is -0.508 e. The van der Waals surface area contributed by atoms with Gasteiger partial charge >= 0.3 is 0 Å². The van der Waals surface area contributed by atoms with Crippen molar-refractivity contribution in [3.63, 3.8) is 0 Å². The van der Waals surface area contributed by atoms with Crippen molar-refractivity contribution in [2.75, 3.05) is 20.2 Å². The Hall–Kier alpha value is -3.69. The van der Waals surface area contributed by atoms with Gasteiger partial charge in [0.2, 0.25) is 15.9 Å². The number of amides is 1. The third kappa shape index (κ3) is 5.52. The molecule has 0 spiro atoms. The van der Waals surface area contributed by atoms with Crippen LogP contribution in [0.25, 0.3) is 11.1 Å². The third-order valence-corrected chi connectivity index (χ3v) is 7.76. The highest BCUT2D eigenvalue weighted by molar-refractivity contribution is 7.89. The first-order valence-electron chi connectivity index (χ1n) is 11.2. The van der Waals surface area contributed by atoms with E-state index >= 15 is 0 Å². The van der Waals surface area contributed by atoms with Crippen molar-refractivity contribution in [1.29, 1.82) is 0 Å². The number of nitrogens with one attached hydrogen (secondary N) is 1. The summed E-state index contributed by atoms with van der Waals surface area (Å²) in [7, 11) is -2.59. The van der Waals surface area contributed by atoms with E-state index in [1.54, 1.807) is 48.5 Å². The molecule has 1 heterocycles. The molecule has 0 saturated carbocycles. The van der Waals surface area contributed by atoms with Gasteiger partial charge in [0.1, 0.15) is 18.9 Å². The Morgan fingerprint density at radius 1 is 1.03 bits per heavy atom. The molecule has 0 aliphatic carbocycles. The molecule has 9 heteroatoms. The monoisotopic (exact) mass is 493 g/mol. The van der Waals surface area contributed by atoms with Gasteiger partial charge in [0.05, 0.1) is 17.2 Å². The molecule has 1 saturated heterocycles. The molecule has 1 aliphatic heterocycles. The van der Waals surface area contributed by atoms with Crippen molar-refractivity contribution < 1.29 is 23.2 Å². The topological polar surface area (TPSA) is 108 Å². The highest BCUT2D eigenvalue weighted by atomic mass is 32.2. The first-order valence-corrected chi connectivity index (χ1v) is 12.6. The zero-order valence-electron chi connectivity index (χ0n) is 19.3. The first-order chi connectivity index (χ1) is 16.9. The molecule has 1 amide bonds. The quantitative estimate of drug-likeness (QED) is 0.469. The molecular weight excluding hydrogens is 466 g/mol. The molecule has 1 fully saturated rings. The maximum atomic E-state index is 13.5. The van der Waals surface area contributed by atoms with Crippen LogP contribution in [0.1, 0.15) is 12.0 Å². The highest BCUT2D eigenvalue weighted by Gasteiger charge is 2.42. The van der Waals surface area contributed by atoms with E-state index in [1.165, 1.54) is 7.11 Å². The fourth-order valence-corrected chi connectivity index (χ4v) is 5.67. The van der Waals surface area contributed by atoms with Gasteiger partial charge in [-0.1, -0.05) is 65.8 Å². The number of sulfonamides is 1. The average molecular weight is 494 g/mol. The molecular formula is C26H27N3O5S. The third-order valence-electron chi connectivity index (χ3n) is 5.89. The zero-order valence-corrected chi connectivity index (χ0v) is 20.1. The number of hydrogen-bond acceptors (Lipinski definition) is 6. The molecule has 1 atom stereocenters. The minimum atomic E-state index is -3.97. The average Bonchev–Trinajstić information content (AvgIpc) is 3.31. The van der Waals surface area contributed by atoms with Crippen LogP contribution in [0.3, 0.4) is 0 Å². The second-order valence-corrected chi connectivity index (χ2v) is 10.1. The zero-order chi connectivity index (χ0) is 24.8. The normalized spacial score (nSPS) is 17.4. The summed E-state index contributed by atoms with van der Waals surface area (Å²) in [6.45, 7) is 0.220. The molecule has 3 aromatic carbocycles. The molecule has 0 bridgehead atoms. The van der Waals surface area contributed by atoms with Gasteiger partial charge in [-0.2, -0.15) is 4.31 Å². The van der Waals surface area contributed by atoms with Gasteiger partial charge in [-0.05, 0) is 41.3 Å². The van der Waals surface area contributed by atoms with Gasteiger partial charge in [0.15, 0.2) is 0 Å². The lowest BCUT2D eigenvalue weighted by molar-refractivity contribution is -0.124. The van der Waals surface area contributed by atoms with Gasteiger partial charge in [-0.15, -0.1) is 0 Å². The molecule has 8 nitrogen and oxygen atoms in total. The Balaban J connectivity index is 1.51. The number of phenolic OH excluding ortho intramolecular Hbond substituents is 1. The van der Waals surface area contributed by atoms with Gasteiger partial charge in [-0.3, -0.25) is 4.79 Å². The van der Waals surface area contributed by atoms with E-state index in [4.69, 9.17) is 4.84 Å². The molecule has 0 aromatic heterocycles. The number of nitrogens with zero attached hydrogens (tertiary/aromatic N) is 2. The maximum Gasteiger partial charge on any atom is 0.244 e. The lowest BCUT2D eigenvalue weighted by Gasteiger charge is -2.23. The number of carbonyl (C=O) groups is 1. The molecule has 35 heavy (non-hydrogen) atoms. The van der Waals surface area contributed by atoms with E-state index in [0.717, 1.165) is 15.4 Å². The largest absolute Gasteiger partial charge is 0.508 e. The number of aromatic hydroxyl groups is 1. The van der Waals surface area contributed by atoms with E-state index in [9.17, 15) is 18.3 Å². The highest BCUT2D eigenvalue weighted by Crippen LogP contribution is 2.28. The van der Waals surface area contributed by atoms with Crippen molar-refractivity contribution >= 4 is 21.6 Å². The molecule has 0 radical (unpaired) electrons. The summed E-state index contributed by atoms with van der Waals surface area (Å²) in [4.78, 5) is 18.0. The van der Waals surface area contributed by atoms with Crippen LogP contribution < -0.4 is 5.32 Å². The molecule has 182 valence electrons. The molecule has 3 aromatic rings. The Kier molecular flexibility index (Phi) is 7.48. The van der Waals surface area contributed by atoms with Crippen LogP contribution in [0.5, 0.6) is 5.75 Å². The fraction of sp³-hybridized carbons (Fsp3) is 0.231. The van der Waals surface area contributed by atoms with Crippen LogP contribution in [-0.4, -0.2) is 55.7 Å². The summed E-state index contributed by atoms with van der Waals surface area (Å²) < 4.78 is 28.2. The van der Waals surface area contributed by atoms with Gasteiger partial charge < -0.3 is 15.3 Å². The second kappa shape index (κ2) is 10.7. The van der Waals surface area contributed by atoms with Gasteiger partial charge in [0.25, 0.3) is 0 Å². The van der Waals surface area contributed by atoms with Crippen LogP contribution in [0, 0.1) is 0 Å². The lowest BCUT2D eigenvalue weighted by atomic mass is 10.1. The molecule has 1 aliphatic rings. The molecule has 0 unspecified atom stereocenters. The van der Waals surface area contributed by atoms with E-state index in [2.05, 4.69) is 10.5 Å². The summed E-state index contributed by atoms with van der Waals surface area (Å²) in [5.41, 5.74) is 3.04. The maximum absolute atomic E-state index is 13.5. The number of para-hydroxylation sites is 1. The smallest absolute Gasteiger partial charge is 0.244 e. The number of carbonyl (C=O) groups excluding carboxylic acids is 1. The number of phenols is 1. The lowest BCUT2D eigenvalue weighted by Crippen LogP contribution is -2.46. The van der Waals surface area contributed by atoms with Crippen molar-refractivity contribution in [3.8, 4) is 16.9 Å². The van der Waals surface area contributed by atoms with Crippen molar-refractivity contribution in [2.45, 2.75) is 23.8 Å². The summed E-state index contributed by atoms with van der Waals surface area (Å²) in [5.74, 6) is -0.272. The van der Waals surface area contributed by atoms with E-state index in [-0.39, 0.29) is 30.2 Å². The summed E-state index contributed by atoms with van der Waals surface area (Å²) in [5, 5.41) is 16.6. The molecule has 2 N–H and O–H groups in total. The number of hydrogen-bond donors (Lipinski definition) is 2. The standard InChI is InChI=1S/C26H27N3O5S/c1-34-28-22-17-24(26(31)27-16-15-21-9-5-6-10-25(21)30)29(18-22)35(32,33)23-13-11-20(12-14-23)19-7-3-2-4-8-19/h2-14,24,30H,15-18H2,1H3,(H,27,31)/t24-/m0/s1. The Morgan fingerprint density at radius 3 is 2.37 bits per heavy atom. The second-order valence-electron chi connectivity index (χ2n) is 8.17. The number of rotatable bonds is 8. The summed E-state index contributed by atoms with van der Waals surface area (Å²) >= 11 is 0. The van der Waals surface area contributed by atoms with Gasteiger partial charge in [0, 0.05) is 13.0 Å². The predicted octanol–water partition coefficient (Wildman–Crippen LogP) is 3.18. The van der Waals surface area contributed by atoms with Crippen LogP contribution in [0.15, 0.2) is 88.9 Å². The van der Waals surface area contributed by atoms with Crippen molar-refractivity contribution in [2.24, 2.45) is 5.16 Å². The fourth-order valence-electron chi connectivity index (χ4n) is 4.10. The first kappa shape index (κ1) is 24.4. The van der Waals surface area contributed by atoms with E-state index in [1.807, 2.05) is 30.3 Å². The Labute approximate surface area is 204 Å². The number of benzene rings is 3. The van der Waals surface area contributed by atoms with E-state index in [0.29, 0.717) is 17.7 Å². The van der Waals surface area contributed by atoms with Crippen LogP contribution in [-0.2, 0) is 26.1 Å². The SMILES string of the molecule is CON=C1C[C@@H](C(=O)NCCc2ccccc2O)N(S(=O)(=O)c2ccc(-c3ccccc3)cc2)C1. The molecule has 4 rings (SSSR count). The summed E-state index contributed by atoms with van der Waals surface area (Å²) in [6, 6.07) is 22.2. The van der Waals surface area contributed by atoms with Crippen molar-refractivity contribution in [3.05, 3.63) is 84.4 Å². The van der Waals surface area contributed by atoms with E-state index < -0.39 is 22.0 Å². The van der Waals surface area contributed by atoms with Crippen LogP contribution in [0.4, 0.5) is 0 Å². The minimum absolute atomic E-state index is 0.0336. The van der Waals surface area contributed by atoms with Crippen LogP contribution in [0.2, 0.25) is 0 Å². The Morgan fingerprint density at radius 2 is 1.69 bits per heavy atom.